The average Bonchev–Trinajstić information content (AvgIpc) is 3.11. The predicted molar refractivity (Wildman–Crippen MR) is 136 cm³/mol. The molecule has 4 nitrogen and oxygen atoms in total. The summed E-state index contributed by atoms with van der Waals surface area (Å²) in [5.74, 6) is 4.23. The predicted octanol–water partition coefficient (Wildman–Crippen LogP) is 7.52. The molecule has 0 radical (unpaired) electrons. The molecule has 5 heteroatoms. The molecule has 2 aromatic rings. The molecular formula is C27H39NO3Si. The van der Waals surface area contributed by atoms with E-state index >= 15 is 0 Å². The number of methoxy groups -OCH3 is 1. The van der Waals surface area contributed by atoms with Crippen LogP contribution in [0, 0.1) is 11.5 Å². The van der Waals surface area contributed by atoms with Gasteiger partial charge in [0.25, 0.3) is 0 Å². The van der Waals surface area contributed by atoms with Crippen molar-refractivity contribution in [3.8, 4) is 28.5 Å². The molecule has 0 fully saturated rings. The second-order valence-corrected chi connectivity index (χ2v) is 15.9. The van der Waals surface area contributed by atoms with Crippen molar-refractivity contribution < 1.29 is 14.3 Å². The zero-order chi connectivity index (χ0) is 24.3. The van der Waals surface area contributed by atoms with Gasteiger partial charge in [-0.1, -0.05) is 47.5 Å². The normalized spacial score (nSPS) is 12.2. The first-order chi connectivity index (χ1) is 14.8. The van der Waals surface area contributed by atoms with E-state index in [4.69, 9.17) is 9.47 Å². The average molecular weight is 454 g/mol. The van der Waals surface area contributed by atoms with E-state index in [-0.39, 0.29) is 0 Å². The number of carbonyl (C=O) groups excluding carboxylic acids is 1. The van der Waals surface area contributed by atoms with Crippen molar-refractivity contribution in [3.63, 3.8) is 0 Å². The van der Waals surface area contributed by atoms with Crippen LogP contribution in [-0.2, 0) is 4.74 Å². The van der Waals surface area contributed by atoms with Gasteiger partial charge in [0.15, 0.2) is 0 Å². The Morgan fingerprint density at radius 3 is 1.94 bits per heavy atom. The summed E-state index contributed by atoms with van der Waals surface area (Å²) in [4.78, 5) is 13.0. The Bertz CT molecular complexity index is 961. The third-order valence-corrected chi connectivity index (χ3v) is 12.4. The molecule has 32 heavy (non-hydrogen) atoms. The van der Waals surface area contributed by atoms with Crippen LogP contribution in [0.15, 0.2) is 36.5 Å². The highest BCUT2D eigenvalue weighted by atomic mass is 28.3. The third kappa shape index (κ3) is 5.66. The van der Waals surface area contributed by atoms with Gasteiger partial charge in [0.05, 0.1) is 12.8 Å². The lowest BCUT2D eigenvalue weighted by Crippen LogP contribution is -2.43. The van der Waals surface area contributed by atoms with Crippen molar-refractivity contribution >= 4 is 14.2 Å². The number of ether oxygens (including phenoxy) is 2. The summed E-state index contributed by atoms with van der Waals surface area (Å²) in [6.07, 6.45) is 1.40. The minimum Gasteiger partial charge on any atom is -0.497 e. The molecular weight excluding hydrogens is 414 g/mol. The maximum absolute atomic E-state index is 13.0. The van der Waals surface area contributed by atoms with E-state index in [1.807, 2.05) is 51.1 Å². The summed E-state index contributed by atoms with van der Waals surface area (Å²) in [6, 6.07) is 9.66. The van der Waals surface area contributed by atoms with Crippen molar-refractivity contribution in [2.75, 3.05) is 7.11 Å². The van der Waals surface area contributed by atoms with E-state index in [9.17, 15) is 4.79 Å². The van der Waals surface area contributed by atoms with E-state index < -0.39 is 19.8 Å². The quantitative estimate of drug-likeness (QED) is 0.347. The zero-order valence-corrected chi connectivity index (χ0v) is 22.4. The topological polar surface area (TPSA) is 40.5 Å². The second-order valence-electron chi connectivity index (χ2n) is 10.3. The molecule has 0 N–H and O–H groups in total. The minimum absolute atomic E-state index is 0.406. The van der Waals surface area contributed by atoms with Gasteiger partial charge in [-0.3, -0.25) is 4.57 Å². The molecule has 0 spiro atoms. The summed E-state index contributed by atoms with van der Waals surface area (Å²) in [5, 5.41) is 0. The smallest absolute Gasteiger partial charge is 0.419 e. The molecule has 174 valence electrons. The monoisotopic (exact) mass is 453 g/mol. The van der Waals surface area contributed by atoms with E-state index in [0.29, 0.717) is 16.6 Å². The highest BCUT2D eigenvalue weighted by Crippen LogP contribution is 2.41. The van der Waals surface area contributed by atoms with Crippen LogP contribution in [0.1, 0.15) is 67.9 Å². The fourth-order valence-corrected chi connectivity index (χ4v) is 9.82. The number of hydrogen-bond acceptors (Lipinski definition) is 3. The van der Waals surface area contributed by atoms with Crippen LogP contribution in [0.5, 0.6) is 5.75 Å². The Morgan fingerprint density at radius 1 is 0.969 bits per heavy atom. The molecule has 1 heterocycles. The lowest BCUT2D eigenvalue weighted by molar-refractivity contribution is 0.0540. The van der Waals surface area contributed by atoms with Crippen LogP contribution >= 0.6 is 0 Å². The van der Waals surface area contributed by atoms with E-state index in [0.717, 1.165) is 22.6 Å². The molecule has 0 atom stereocenters. The lowest BCUT2D eigenvalue weighted by atomic mass is 10.1. The van der Waals surface area contributed by atoms with Gasteiger partial charge in [-0.05, 0) is 73.3 Å². The van der Waals surface area contributed by atoms with E-state index in [2.05, 4.69) is 53.0 Å². The molecule has 0 aliphatic carbocycles. The first-order valence-electron chi connectivity index (χ1n) is 11.4. The molecule has 2 rings (SSSR count). The van der Waals surface area contributed by atoms with Crippen molar-refractivity contribution in [3.05, 3.63) is 42.1 Å². The summed E-state index contributed by atoms with van der Waals surface area (Å²) in [5.41, 5.74) is 7.30. The highest BCUT2D eigenvalue weighted by molar-refractivity contribution is 6.90. The first-order valence-corrected chi connectivity index (χ1v) is 13.7. The standard InChI is InChI=1S/C27H39NO3Si/c1-19(2)32(20(3)4,21(5)6)16-15-22-17-25(23-11-13-24(30-10)14-12-23)28(18-22)26(29)31-27(7,8)9/h11-14,17-21H,1-10H3. The van der Waals surface area contributed by atoms with Crippen molar-refractivity contribution in [1.29, 1.82) is 0 Å². The maximum Gasteiger partial charge on any atom is 0.419 e. The fourth-order valence-electron chi connectivity index (χ4n) is 4.59. The molecule has 0 amide bonds. The maximum atomic E-state index is 13.0. The van der Waals surface area contributed by atoms with Crippen LogP contribution in [0.4, 0.5) is 4.79 Å². The van der Waals surface area contributed by atoms with E-state index in [1.165, 1.54) is 0 Å². The van der Waals surface area contributed by atoms with Crippen molar-refractivity contribution in [2.45, 2.75) is 84.5 Å². The molecule has 0 saturated heterocycles. The lowest BCUT2D eigenvalue weighted by Gasteiger charge is -2.38. The van der Waals surface area contributed by atoms with Crippen LogP contribution in [0.2, 0.25) is 16.6 Å². The molecule has 0 unspecified atom stereocenters. The van der Waals surface area contributed by atoms with Gasteiger partial charge >= 0.3 is 6.09 Å². The number of carbonyl (C=O) groups is 1. The van der Waals surface area contributed by atoms with Gasteiger partial charge in [0.2, 0.25) is 0 Å². The van der Waals surface area contributed by atoms with Gasteiger partial charge in [0.1, 0.15) is 19.4 Å². The molecule has 0 saturated carbocycles. The van der Waals surface area contributed by atoms with Gasteiger partial charge in [-0.25, -0.2) is 4.79 Å². The van der Waals surface area contributed by atoms with Crippen LogP contribution < -0.4 is 4.74 Å². The number of rotatable bonds is 5. The molecule has 0 aliphatic heterocycles. The molecule has 1 aromatic heterocycles. The fraction of sp³-hybridized carbons (Fsp3) is 0.519. The number of hydrogen-bond donors (Lipinski definition) is 0. The molecule has 1 aromatic carbocycles. The van der Waals surface area contributed by atoms with Gasteiger partial charge in [0, 0.05) is 11.8 Å². The summed E-state index contributed by atoms with van der Waals surface area (Å²) < 4.78 is 12.5. The Hall–Kier alpha value is -2.45. The third-order valence-electron chi connectivity index (χ3n) is 6.09. The Morgan fingerprint density at radius 2 is 1.50 bits per heavy atom. The first kappa shape index (κ1) is 25.8. The van der Waals surface area contributed by atoms with Crippen molar-refractivity contribution in [1.82, 2.24) is 4.57 Å². The summed E-state index contributed by atoms with van der Waals surface area (Å²) in [6.45, 7) is 19.4. The Balaban J connectivity index is 2.61. The summed E-state index contributed by atoms with van der Waals surface area (Å²) in [7, 11) is -0.239. The summed E-state index contributed by atoms with van der Waals surface area (Å²) >= 11 is 0. The van der Waals surface area contributed by atoms with Gasteiger partial charge < -0.3 is 9.47 Å². The Kier molecular flexibility index (Phi) is 8.06. The number of nitrogens with zero attached hydrogens (tertiary/aromatic N) is 1. The Labute approximate surface area is 195 Å². The minimum atomic E-state index is -1.88. The number of benzene rings is 1. The largest absolute Gasteiger partial charge is 0.497 e. The SMILES string of the molecule is COc1ccc(-c2cc(C#C[Si](C(C)C)(C(C)C)C(C)C)cn2C(=O)OC(C)(C)C)cc1. The van der Waals surface area contributed by atoms with E-state index in [1.54, 1.807) is 17.9 Å². The van der Waals surface area contributed by atoms with Crippen LogP contribution in [-0.4, -0.2) is 31.4 Å². The van der Waals surface area contributed by atoms with Crippen molar-refractivity contribution in [2.24, 2.45) is 0 Å². The van der Waals surface area contributed by atoms with Gasteiger partial charge in [-0.2, -0.15) is 0 Å². The van der Waals surface area contributed by atoms with Crippen LogP contribution in [0.3, 0.4) is 0 Å². The van der Waals surface area contributed by atoms with Gasteiger partial charge in [-0.15, -0.1) is 5.54 Å². The number of aromatic nitrogens is 1. The second kappa shape index (κ2) is 10.00. The molecule has 0 bridgehead atoms. The van der Waals surface area contributed by atoms with Crippen LogP contribution in [0.25, 0.3) is 11.3 Å². The zero-order valence-electron chi connectivity index (χ0n) is 21.4. The highest BCUT2D eigenvalue weighted by Gasteiger charge is 2.41. The molecule has 0 aliphatic rings.